The van der Waals surface area contributed by atoms with Crippen LogP contribution in [0.4, 0.5) is 0 Å². The number of carbonyl (C=O) groups excluding carboxylic acids is 1. The summed E-state index contributed by atoms with van der Waals surface area (Å²) in [5.41, 5.74) is 2.91. The molecule has 0 bridgehead atoms. The van der Waals surface area contributed by atoms with E-state index in [4.69, 9.17) is 4.52 Å². The van der Waals surface area contributed by atoms with Crippen LogP contribution < -0.4 is 5.32 Å². The van der Waals surface area contributed by atoms with E-state index < -0.39 is 10.0 Å². The Labute approximate surface area is 194 Å². The van der Waals surface area contributed by atoms with Gasteiger partial charge < -0.3 is 9.84 Å². The number of sulfonamides is 1. The molecule has 8 nitrogen and oxygen atoms in total. The highest BCUT2D eigenvalue weighted by molar-refractivity contribution is 7.89. The van der Waals surface area contributed by atoms with E-state index in [1.807, 2.05) is 38.1 Å². The summed E-state index contributed by atoms with van der Waals surface area (Å²) < 4.78 is 32.7. The second-order valence-electron chi connectivity index (χ2n) is 8.21. The largest absolute Gasteiger partial charge is 0.352 e. The van der Waals surface area contributed by atoms with Crippen molar-refractivity contribution in [1.82, 2.24) is 19.8 Å². The summed E-state index contributed by atoms with van der Waals surface area (Å²) in [5, 5.41) is 6.92. The fourth-order valence-corrected chi connectivity index (χ4v) is 5.40. The molecule has 4 rings (SSSR count). The van der Waals surface area contributed by atoms with Crippen LogP contribution in [0.1, 0.15) is 36.8 Å². The van der Waals surface area contributed by atoms with Crippen LogP contribution in [0.2, 0.25) is 0 Å². The van der Waals surface area contributed by atoms with Crippen LogP contribution >= 0.6 is 0 Å². The maximum atomic E-state index is 13.1. The quantitative estimate of drug-likeness (QED) is 0.570. The smallest absolute Gasteiger partial charge is 0.243 e. The lowest BCUT2D eigenvalue weighted by molar-refractivity contribution is -0.126. The van der Waals surface area contributed by atoms with Gasteiger partial charge in [-0.3, -0.25) is 4.79 Å². The normalized spacial score (nSPS) is 15.5. The highest BCUT2D eigenvalue weighted by atomic mass is 32.2. The molecule has 0 unspecified atom stereocenters. The van der Waals surface area contributed by atoms with Crippen molar-refractivity contribution < 1.29 is 17.7 Å². The molecule has 9 heteroatoms. The zero-order valence-corrected chi connectivity index (χ0v) is 19.6. The molecule has 0 saturated carbocycles. The van der Waals surface area contributed by atoms with Crippen molar-refractivity contribution in [3.8, 4) is 11.4 Å². The molecule has 1 aromatic heterocycles. The molecule has 1 saturated heterocycles. The zero-order chi connectivity index (χ0) is 23.4. The fraction of sp³-hybridized carbons (Fsp3) is 0.375. The Balaban J connectivity index is 1.34. The van der Waals surface area contributed by atoms with E-state index in [1.165, 1.54) is 4.31 Å². The molecule has 2 heterocycles. The number of hydrogen-bond donors (Lipinski definition) is 1. The molecule has 1 aliphatic rings. The summed E-state index contributed by atoms with van der Waals surface area (Å²) in [7, 11) is -3.63. The van der Waals surface area contributed by atoms with E-state index in [0.717, 1.165) is 11.1 Å². The van der Waals surface area contributed by atoms with Gasteiger partial charge in [0.15, 0.2) is 0 Å². The van der Waals surface area contributed by atoms with Gasteiger partial charge in [0.1, 0.15) is 0 Å². The molecule has 0 aliphatic carbocycles. The Bertz CT molecular complexity index is 1210. The second-order valence-corrected chi connectivity index (χ2v) is 10.2. The molecule has 0 atom stereocenters. The summed E-state index contributed by atoms with van der Waals surface area (Å²) in [4.78, 5) is 17.1. The Hall–Kier alpha value is -3.04. The number of hydrogen-bond acceptors (Lipinski definition) is 6. The Kier molecular flexibility index (Phi) is 6.90. The SMILES string of the molecule is CCc1nc(-c2ccc(S(=O)(=O)N3CCC(C(=O)NCc4ccccc4C)CC3)cc2)no1. The lowest BCUT2D eigenvalue weighted by Crippen LogP contribution is -2.42. The van der Waals surface area contributed by atoms with Crippen molar-refractivity contribution in [2.75, 3.05) is 13.1 Å². The zero-order valence-electron chi connectivity index (χ0n) is 18.8. The lowest BCUT2D eigenvalue weighted by Gasteiger charge is -2.30. The van der Waals surface area contributed by atoms with Gasteiger partial charge in [0.25, 0.3) is 0 Å². The maximum absolute atomic E-state index is 13.1. The predicted octanol–water partition coefficient (Wildman–Crippen LogP) is 3.32. The van der Waals surface area contributed by atoms with E-state index in [1.54, 1.807) is 24.3 Å². The first kappa shape index (κ1) is 23.1. The first-order valence-corrected chi connectivity index (χ1v) is 12.6. The number of rotatable bonds is 7. The lowest BCUT2D eigenvalue weighted by atomic mass is 9.97. The molecule has 0 spiro atoms. The summed E-state index contributed by atoms with van der Waals surface area (Å²) in [6.45, 7) is 5.05. The van der Waals surface area contributed by atoms with Crippen LogP contribution in [0.5, 0.6) is 0 Å². The number of carbonyl (C=O) groups is 1. The summed E-state index contributed by atoms with van der Waals surface area (Å²) in [6, 6.07) is 14.4. The van der Waals surface area contributed by atoms with Crippen LogP contribution in [-0.4, -0.2) is 41.9 Å². The van der Waals surface area contributed by atoms with Crippen LogP contribution in [0.15, 0.2) is 57.9 Å². The molecule has 174 valence electrons. The van der Waals surface area contributed by atoms with Gasteiger partial charge in [-0.05, 0) is 55.2 Å². The number of piperidine rings is 1. The Morgan fingerprint density at radius 3 is 2.45 bits per heavy atom. The highest BCUT2D eigenvalue weighted by Crippen LogP contribution is 2.26. The van der Waals surface area contributed by atoms with E-state index >= 15 is 0 Å². The van der Waals surface area contributed by atoms with Gasteiger partial charge in [-0.25, -0.2) is 8.42 Å². The topological polar surface area (TPSA) is 105 Å². The number of nitrogens with zero attached hydrogens (tertiary/aromatic N) is 3. The molecular formula is C24H28N4O4S. The van der Waals surface area contributed by atoms with Crippen molar-refractivity contribution in [1.29, 1.82) is 0 Å². The number of aryl methyl sites for hydroxylation is 2. The average Bonchev–Trinajstić information content (AvgIpc) is 3.33. The van der Waals surface area contributed by atoms with E-state index in [-0.39, 0.29) is 16.7 Å². The molecular weight excluding hydrogens is 440 g/mol. The van der Waals surface area contributed by atoms with Gasteiger partial charge >= 0.3 is 0 Å². The van der Waals surface area contributed by atoms with Gasteiger partial charge in [0, 0.05) is 37.5 Å². The van der Waals surface area contributed by atoms with Gasteiger partial charge in [-0.2, -0.15) is 9.29 Å². The minimum atomic E-state index is -3.63. The third-order valence-corrected chi connectivity index (χ3v) is 7.97. The number of nitrogens with one attached hydrogen (secondary N) is 1. The molecule has 1 N–H and O–H groups in total. The molecule has 33 heavy (non-hydrogen) atoms. The molecule has 1 aliphatic heterocycles. The minimum Gasteiger partial charge on any atom is -0.352 e. The van der Waals surface area contributed by atoms with Gasteiger partial charge in [-0.15, -0.1) is 0 Å². The third kappa shape index (κ3) is 5.15. The molecule has 0 radical (unpaired) electrons. The van der Waals surface area contributed by atoms with E-state index in [9.17, 15) is 13.2 Å². The highest BCUT2D eigenvalue weighted by Gasteiger charge is 2.32. The van der Waals surface area contributed by atoms with Crippen LogP contribution in [-0.2, 0) is 27.8 Å². The predicted molar refractivity (Wildman–Crippen MR) is 124 cm³/mol. The summed E-state index contributed by atoms with van der Waals surface area (Å²) >= 11 is 0. The van der Waals surface area contributed by atoms with Gasteiger partial charge in [0.2, 0.25) is 27.6 Å². The standard InChI is InChI=1S/C24H28N4O4S/c1-3-22-26-23(27-32-22)18-8-10-21(11-9-18)33(30,31)28-14-12-19(13-15-28)24(29)25-16-20-7-5-4-6-17(20)2/h4-11,19H,3,12-16H2,1-2H3,(H,25,29). The molecule has 2 aromatic carbocycles. The average molecular weight is 469 g/mol. The van der Waals surface area contributed by atoms with E-state index in [0.29, 0.717) is 56.2 Å². The van der Waals surface area contributed by atoms with Crippen molar-refractivity contribution >= 4 is 15.9 Å². The van der Waals surface area contributed by atoms with Crippen LogP contribution in [0.3, 0.4) is 0 Å². The number of aromatic nitrogens is 2. The Morgan fingerprint density at radius 2 is 1.82 bits per heavy atom. The first-order valence-electron chi connectivity index (χ1n) is 11.1. The maximum Gasteiger partial charge on any atom is 0.243 e. The first-order chi connectivity index (χ1) is 15.9. The van der Waals surface area contributed by atoms with Crippen molar-refractivity contribution in [2.45, 2.75) is 44.6 Å². The molecule has 1 fully saturated rings. The summed E-state index contributed by atoms with van der Waals surface area (Å²) in [5.74, 6) is 0.765. The van der Waals surface area contributed by atoms with Crippen molar-refractivity contribution in [2.24, 2.45) is 5.92 Å². The summed E-state index contributed by atoms with van der Waals surface area (Å²) in [6.07, 6.45) is 1.64. The second kappa shape index (κ2) is 9.84. The number of benzene rings is 2. The van der Waals surface area contributed by atoms with Crippen LogP contribution in [0.25, 0.3) is 11.4 Å². The fourth-order valence-electron chi connectivity index (χ4n) is 3.93. The van der Waals surface area contributed by atoms with E-state index in [2.05, 4.69) is 15.5 Å². The van der Waals surface area contributed by atoms with Gasteiger partial charge in [0.05, 0.1) is 4.90 Å². The van der Waals surface area contributed by atoms with Gasteiger partial charge in [-0.1, -0.05) is 36.3 Å². The number of amides is 1. The molecule has 1 amide bonds. The van der Waals surface area contributed by atoms with Crippen molar-refractivity contribution in [3.05, 3.63) is 65.5 Å². The minimum absolute atomic E-state index is 0.0220. The third-order valence-electron chi connectivity index (χ3n) is 6.06. The van der Waals surface area contributed by atoms with Crippen LogP contribution in [0, 0.1) is 12.8 Å². The molecule has 3 aromatic rings. The monoisotopic (exact) mass is 468 g/mol. The Morgan fingerprint density at radius 1 is 1.12 bits per heavy atom. The van der Waals surface area contributed by atoms with Crippen molar-refractivity contribution in [3.63, 3.8) is 0 Å².